The molecule has 1 unspecified atom stereocenters. The monoisotopic (exact) mass is 373 g/mol. The van der Waals surface area contributed by atoms with Gasteiger partial charge in [0.2, 0.25) is 0 Å². The van der Waals surface area contributed by atoms with E-state index in [1.54, 1.807) is 12.1 Å². The Labute approximate surface area is 162 Å². The number of carbonyl (C=O) groups excluding carboxylic acids is 3. The highest BCUT2D eigenvalue weighted by Crippen LogP contribution is 2.23. The first kappa shape index (κ1) is 19.2. The second kappa shape index (κ2) is 8.88. The molecule has 0 saturated heterocycles. The van der Waals surface area contributed by atoms with E-state index in [2.05, 4.69) is 0 Å². The first-order chi connectivity index (χ1) is 13.7. The molecule has 0 aliphatic rings. The van der Waals surface area contributed by atoms with E-state index < -0.39 is 0 Å². The molecule has 28 heavy (non-hydrogen) atoms. The first-order valence-corrected chi connectivity index (χ1v) is 8.72. The standard InChI is InChI=1S/C23H19NO4/c24-23(17-4-2-1-3-5-17)18-6-8-21(9-7-18)28-15-16-10-19(12-25)22(14-27)20(11-16)13-26/h1-14,23H,15,24H2. The molecule has 0 spiro atoms. The molecule has 2 N–H and O–H groups in total. The van der Waals surface area contributed by atoms with Crippen LogP contribution in [0, 0.1) is 0 Å². The Balaban J connectivity index is 1.72. The highest BCUT2D eigenvalue weighted by atomic mass is 16.5. The fourth-order valence-electron chi connectivity index (χ4n) is 2.97. The van der Waals surface area contributed by atoms with Crippen LogP contribution in [0.2, 0.25) is 0 Å². The van der Waals surface area contributed by atoms with Crippen LogP contribution in [0.25, 0.3) is 0 Å². The molecular formula is C23H19NO4. The summed E-state index contributed by atoms with van der Waals surface area (Å²) in [5, 5.41) is 0. The van der Waals surface area contributed by atoms with E-state index >= 15 is 0 Å². The van der Waals surface area contributed by atoms with E-state index in [4.69, 9.17) is 10.5 Å². The van der Waals surface area contributed by atoms with Crippen LogP contribution in [0.1, 0.15) is 53.8 Å². The zero-order valence-electron chi connectivity index (χ0n) is 15.1. The largest absolute Gasteiger partial charge is 0.489 e. The average Bonchev–Trinajstić information content (AvgIpc) is 2.77. The molecule has 5 nitrogen and oxygen atoms in total. The van der Waals surface area contributed by atoms with Gasteiger partial charge in [0.1, 0.15) is 12.4 Å². The van der Waals surface area contributed by atoms with Crippen molar-refractivity contribution in [1.82, 2.24) is 0 Å². The summed E-state index contributed by atoms with van der Waals surface area (Å²) in [7, 11) is 0. The van der Waals surface area contributed by atoms with E-state index in [0.717, 1.165) is 11.1 Å². The van der Waals surface area contributed by atoms with Crippen molar-refractivity contribution >= 4 is 18.9 Å². The smallest absolute Gasteiger partial charge is 0.151 e. The van der Waals surface area contributed by atoms with Gasteiger partial charge in [-0.25, -0.2) is 0 Å². The van der Waals surface area contributed by atoms with Crippen LogP contribution in [0.4, 0.5) is 0 Å². The third kappa shape index (κ3) is 4.22. The molecule has 0 heterocycles. The van der Waals surface area contributed by atoms with Crippen LogP contribution in [0.3, 0.4) is 0 Å². The number of benzene rings is 3. The summed E-state index contributed by atoms with van der Waals surface area (Å²) in [5.74, 6) is 0.629. The lowest BCUT2D eigenvalue weighted by Crippen LogP contribution is -2.11. The Kier molecular flexibility index (Phi) is 6.09. The van der Waals surface area contributed by atoms with Gasteiger partial charge in [-0.05, 0) is 41.0 Å². The van der Waals surface area contributed by atoms with Gasteiger partial charge < -0.3 is 10.5 Å². The summed E-state index contributed by atoms with van der Waals surface area (Å²) in [5.41, 5.74) is 9.32. The molecule has 0 radical (unpaired) electrons. The average molecular weight is 373 g/mol. The molecule has 0 amide bonds. The SMILES string of the molecule is NC(c1ccccc1)c1ccc(OCc2cc(C=O)c(C=O)c(C=O)c2)cc1. The Morgan fingerprint density at radius 2 is 1.36 bits per heavy atom. The molecule has 0 fully saturated rings. The Morgan fingerprint density at radius 3 is 1.89 bits per heavy atom. The summed E-state index contributed by atoms with van der Waals surface area (Å²) in [6.07, 6.45) is 1.62. The molecule has 3 aromatic carbocycles. The second-order valence-electron chi connectivity index (χ2n) is 6.29. The predicted molar refractivity (Wildman–Crippen MR) is 106 cm³/mol. The van der Waals surface area contributed by atoms with Crippen molar-refractivity contribution in [3.63, 3.8) is 0 Å². The Hall–Kier alpha value is -3.57. The molecule has 5 heteroatoms. The van der Waals surface area contributed by atoms with Gasteiger partial charge in [-0.15, -0.1) is 0 Å². The van der Waals surface area contributed by atoms with Gasteiger partial charge in [-0.2, -0.15) is 0 Å². The van der Waals surface area contributed by atoms with Gasteiger partial charge >= 0.3 is 0 Å². The van der Waals surface area contributed by atoms with Gasteiger partial charge in [0.25, 0.3) is 0 Å². The molecule has 0 aliphatic carbocycles. The number of hydrogen-bond acceptors (Lipinski definition) is 5. The molecule has 3 aromatic rings. The zero-order valence-corrected chi connectivity index (χ0v) is 15.1. The summed E-state index contributed by atoms with van der Waals surface area (Å²) in [6.45, 7) is 0.158. The van der Waals surface area contributed by atoms with Crippen LogP contribution < -0.4 is 10.5 Å². The fourth-order valence-corrected chi connectivity index (χ4v) is 2.97. The molecule has 1 atom stereocenters. The fraction of sp³-hybridized carbons (Fsp3) is 0.0870. The topological polar surface area (TPSA) is 86.5 Å². The van der Waals surface area contributed by atoms with E-state index in [9.17, 15) is 14.4 Å². The predicted octanol–water partition coefficient (Wildman–Crippen LogP) is 3.75. The van der Waals surface area contributed by atoms with Crippen molar-refractivity contribution in [2.45, 2.75) is 12.6 Å². The molecule has 0 saturated carbocycles. The van der Waals surface area contributed by atoms with Crippen molar-refractivity contribution in [3.05, 3.63) is 100 Å². The zero-order chi connectivity index (χ0) is 19.9. The minimum Gasteiger partial charge on any atom is -0.489 e. The van der Waals surface area contributed by atoms with Crippen molar-refractivity contribution in [2.24, 2.45) is 5.73 Å². The number of carbonyl (C=O) groups is 3. The molecule has 3 rings (SSSR count). The van der Waals surface area contributed by atoms with Crippen LogP contribution in [0.15, 0.2) is 66.7 Å². The van der Waals surface area contributed by atoms with Crippen LogP contribution >= 0.6 is 0 Å². The van der Waals surface area contributed by atoms with Crippen molar-refractivity contribution in [3.8, 4) is 5.75 Å². The van der Waals surface area contributed by atoms with Gasteiger partial charge in [0.15, 0.2) is 18.9 Å². The van der Waals surface area contributed by atoms with Crippen molar-refractivity contribution < 1.29 is 19.1 Å². The number of rotatable bonds is 8. The highest BCUT2D eigenvalue weighted by molar-refractivity contribution is 5.98. The number of nitrogens with two attached hydrogens (primary N) is 1. The minimum atomic E-state index is -0.226. The number of hydrogen-bond donors (Lipinski definition) is 1. The van der Waals surface area contributed by atoms with Gasteiger partial charge in [-0.1, -0.05) is 42.5 Å². The first-order valence-electron chi connectivity index (χ1n) is 8.72. The Morgan fingerprint density at radius 1 is 0.786 bits per heavy atom. The van der Waals surface area contributed by atoms with Gasteiger partial charge in [-0.3, -0.25) is 14.4 Å². The summed E-state index contributed by atoms with van der Waals surface area (Å²) >= 11 is 0. The lowest BCUT2D eigenvalue weighted by Gasteiger charge is -2.14. The normalized spacial score (nSPS) is 11.5. The van der Waals surface area contributed by atoms with Crippen molar-refractivity contribution in [2.75, 3.05) is 0 Å². The van der Waals surface area contributed by atoms with Crippen LogP contribution in [-0.4, -0.2) is 18.9 Å². The molecule has 0 aromatic heterocycles. The molecule has 0 bridgehead atoms. The minimum absolute atomic E-state index is 0.0907. The van der Waals surface area contributed by atoms with Crippen LogP contribution in [0.5, 0.6) is 5.75 Å². The van der Waals surface area contributed by atoms with E-state index in [1.807, 2.05) is 54.6 Å². The third-order valence-electron chi connectivity index (χ3n) is 4.48. The maximum absolute atomic E-state index is 11.2. The van der Waals surface area contributed by atoms with Gasteiger partial charge in [0.05, 0.1) is 6.04 Å². The summed E-state index contributed by atoms with van der Waals surface area (Å²) < 4.78 is 5.74. The molecule has 140 valence electrons. The molecular weight excluding hydrogens is 354 g/mol. The van der Waals surface area contributed by atoms with E-state index in [0.29, 0.717) is 30.2 Å². The quantitative estimate of drug-likeness (QED) is 0.608. The number of ether oxygens (including phenoxy) is 1. The highest BCUT2D eigenvalue weighted by Gasteiger charge is 2.11. The lowest BCUT2D eigenvalue weighted by molar-refractivity contribution is 0.108. The van der Waals surface area contributed by atoms with Crippen LogP contribution in [-0.2, 0) is 6.61 Å². The van der Waals surface area contributed by atoms with E-state index in [1.165, 1.54) is 0 Å². The summed E-state index contributed by atoms with van der Waals surface area (Å²) in [4.78, 5) is 33.4. The number of aldehydes is 3. The third-order valence-corrected chi connectivity index (χ3v) is 4.48. The summed E-state index contributed by atoms with van der Waals surface area (Å²) in [6, 6.07) is 20.1. The lowest BCUT2D eigenvalue weighted by atomic mass is 9.99. The maximum Gasteiger partial charge on any atom is 0.151 e. The second-order valence-corrected chi connectivity index (χ2v) is 6.29. The van der Waals surface area contributed by atoms with E-state index in [-0.39, 0.29) is 29.3 Å². The maximum atomic E-state index is 11.2. The van der Waals surface area contributed by atoms with Crippen molar-refractivity contribution in [1.29, 1.82) is 0 Å². The van der Waals surface area contributed by atoms with Gasteiger partial charge in [0, 0.05) is 16.7 Å². The molecule has 0 aliphatic heterocycles. The Bertz CT molecular complexity index is 952.